The van der Waals surface area contributed by atoms with E-state index in [-0.39, 0.29) is 23.7 Å². The first-order chi connectivity index (χ1) is 11.9. The third kappa shape index (κ3) is 2.86. The zero-order valence-electron chi connectivity index (χ0n) is 13.3. The first-order valence-electron chi connectivity index (χ1n) is 7.82. The number of pyridine rings is 1. The molecule has 1 amide bonds. The van der Waals surface area contributed by atoms with E-state index >= 15 is 0 Å². The summed E-state index contributed by atoms with van der Waals surface area (Å²) < 4.78 is 42.0. The molecule has 1 N–H and O–H groups in total. The molecule has 0 bridgehead atoms. The Bertz CT molecular complexity index is 999. The maximum absolute atomic E-state index is 14.4. The lowest BCUT2D eigenvalue weighted by Gasteiger charge is -2.07. The minimum absolute atomic E-state index is 0.0476. The van der Waals surface area contributed by atoms with Crippen LogP contribution in [-0.4, -0.2) is 21.5 Å². The maximum atomic E-state index is 14.4. The fourth-order valence-corrected chi connectivity index (χ4v) is 2.87. The molecule has 1 saturated carbocycles. The lowest BCUT2D eigenvalue weighted by atomic mass is 10.0. The van der Waals surface area contributed by atoms with E-state index in [1.807, 2.05) is 0 Å². The van der Waals surface area contributed by atoms with E-state index in [0.717, 1.165) is 0 Å². The van der Waals surface area contributed by atoms with Crippen molar-refractivity contribution in [1.29, 1.82) is 0 Å². The van der Waals surface area contributed by atoms with Gasteiger partial charge in [-0.05, 0) is 42.7 Å². The number of hydrogen-bond acceptors (Lipinski definition) is 2. The molecule has 0 aliphatic heterocycles. The maximum Gasteiger partial charge on any atom is 0.231 e. The first kappa shape index (κ1) is 15.7. The molecule has 4 rings (SSSR count). The minimum atomic E-state index is -1.11. The molecular formula is C18H14F3N3O. The number of halogens is 3. The number of nitrogens with one attached hydrogen (secondary N) is 1. The van der Waals surface area contributed by atoms with Crippen molar-refractivity contribution in [1.82, 2.24) is 9.38 Å². The van der Waals surface area contributed by atoms with Gasteiger partial charge in [0.05, 0.1) is 12.1 Å². The Hall–Kier alpha value is -2.83. The number of fused-ring (bicyclic) bond motifs is 1. The lowest BCUT2D eigenvalue weighted by molar-refractivity contribution is -0.117. The fourth-order valence-electron chi connectivity index (χ4n) is 2.87. The summed E-state index contributed by atoms with van der Waals surface area (Å²) in [5.74, 6) is -1.87. The number of hydrogen-bond donors (Lipinski definition) is 1. The van der Waals surface area contributed by atoms with Gasteiger partial charge in [0.15, 0.2) is 17.3 Å². The Balaban J connectivity index is 1.70. The van der Waals surface area contributed by atoms with Gasteiger partial charge in [-0.15, -0.1) is 0 Å². The van der Waals surface area contributed by atoms with Gasteiger partial charge in [0.1, 0.15) is 12.0 Å². The molecule has 2 aromatic heterocycles. The van der Waals surface area contributed by atoms with E-state index in [1.54, 1.807) is 19.2 Å². The summed E-state index contributed by atoms with van der Waals surface area (Å²) in [5, 5.41) is 2.50. The average molecular weight is 345 g/mol. The number of carbonyl (C=O) groups excluding carboxylic acids is 1. The van der Waals surface area contributed by atoms with E-state index in [4.69, 9.17) is 0 Å². The molecule has 128 valence electrons. The van der Waals surface area contributed by atoms with Crippen LogP contribution < -0.4 is 5.32 Å². The highest BCUT2D eigenvalue weighted by molar-refractivity contribution is 5.94. The van der Waals surface area contributed by atoms with Crippen molar-refractivity contribution in [3.8, 4) is 11.1 Å². The first-order valence-corrected chi connectivity index (χ1v) is 7.82. The Kier molecular flexibility index (Phi) is 3.52. The number of amides is 1. The summed E-state index contributed by atoms with van der Waals surface area (Å²) in [6.07, 6.45) is 2.22. The molecule has 1 fully saturated rings. The zero-order chi connectivity index (χ0) is 17.7. The predicted octanol–water partition coefficient (Wildman–Crippen LogP) is 3.88. The summed E-state index contributed by atoms with van der Waals surface area (Å²) in [7, 11) is 0. The van der Waals surface area contributed by atoms with Crippen molar-refractivity contribution in [2.45, 2.75) is 19.5 Å². The smallest absolute Gasteiger partial charge is 0.231 e. The number of benzene rings is 1. The molecule has 1 aromatic carbocycles. The van der Waals surface area contributed by atoms with Crippen LogP contribution in [0.3, 0.4) is 0 Å². The summed E-state index contributed by atoms with van der Waals surface area (Å²) in [6.45, 7) is 1.74. The highest BCUT2D eigenvalue weighted by atomic mass is 19.1. The Morgan fingerprint density at radius 3 is 2.72 bits per heavy atom. The molecule has 0 radical (unpaired) electrons. The molecule has 2 heterocycles. The predicted molar refractivity (Wildman–Crippen MR) is 86.9 cm³/mol. The van der Waals surface area contributed by atoms with Crippen LogP contribution in [0.5, 0.6) is 0 Å². The van der Waals surface area contributed by atoms with Crippen molar-refractivity contribution < 1.29 is 18.0 Å². The van der Waals surface area contributed by atoms with Crippen molar-refractivity contribution in [2.24, 2.45) is 5.92 Å². The normalized spacial score (nSPS) is 19.2. The third-order valence-electron chi connectivity index (χ3n) is 4.31. The molecule has 1 aliphatic rings. The Labute approximate surface area is 141 Å². The van der Waals surface area contributed by atoms with Gasteiger partial charge in [0, 0.05) is 11.8 Å². The van der Waals surface area contributed by atoms with Crippen LogP contribution in [0.2, 0.25) is 0 Å². The standard InChI is InChI=1S/C18H14F3N3O/c1-9-4-11(19)2-3-12(9)10-5-15(21)17-22-16(8-24(17)7-10)23-18(25)13-6-14(13)20/h2-5,7-8,13-14H,6H2,1H3,(H,23,25). The largest absolute Gasteiger partial charge is 0.309 e. The molecule has 0 spiro atoms. The van der Waals surface area contributed by atoms with E-state index in [1.165, 1.54) is 28.8 Å². The van der Waals surface area contributed by atoms with Crippen LogP contribution >= 0.6 is 0 Å². The Morgan fingerprint density at radius 2 is 2.04 bits per heavy atom. The lowest BCUT2D eigenvalue weighted by Crippen LogP contribution is -2.15. The van der Waals surface area contributed by atoms with Crippen molar-refractivity contribution in [3.63, 3.8) is 0 Å². The average Bonchev–Trinajstić information content (AvgIpc) is 3.13. The number of anilines is 1. The van der Waals surface area contributed by atoms with Crippen LogP contribution in [0.1, 0.15) is 12.0 Å². The quantitative estimate of drug-likeness (QED) is 0.783. The van der Waals surface area contributed by atoms with Gasteiger partial charge < -0.3 is 9.72 Å². The fraction of sp³-hybridized carbons (Fsp3) is 0.222. The molecular weight excluding hydrogens is 331 g/mol. The topological polar surface area (TPSA) is 46.4 Å². The van der Waals surface area contributed by atoms with Gasteiger partial charge in [0.25, 0.3) is 0 Å². The molecule has 4 nitrogen and oxygen atoms in total. The second-order valence-corrected chi connectivity index (χ2v) is 6.24. The summed E-state index contributed by atoms with van der Waals surface area (Å²) in [5.41, 5.74) is 1.98. The highest BCUT2D eigenvalue weighted by Crippen LogP contribution is 2.34. The van der Waals surface area contributed by atoms with Crippen LogP contribution in [0.25, 0.3) is 16.8 Å². The number of aryl methyl sites for hydroxylation is 1. The van der Waals surface area contributed by atoms with E-state index in [2.05, 4.69) is 10.3 Å². The molecule has 25 heavy (non-hydrogen) atoms. The van der Waals surface area contributed by atoms with E-state index in [9.17, 15) is 18.0 Å². The van der Waals surface area contributed by atoms with E-state index in [0.29, 0.717) is 16.7 Å². The number of rotatable bonds is 3. The molecule has 7 heteroatoms. The molecule has 3 aromatic rings. The van der Waals surface area contributed by atoms with E-state index < -0.39 is 23.8 Å². The van der Waals surface area contributed by atoms with Crippen LogP contribution in [0.4, 0.5) is 19.0 Å². The summed E-state index contributed by atoms with van der Waals surface area (Å²) in [6, 6.07) is 5.58. The Morgan fingerprint density at radius 1 is 1.28 bits per heavy atom. The summed E-state index contributed by atoms with van der Waals surface area (Å²) >= 11 is 0. The number of carbonyl (C=O) groups is 1. The van der Waals surface area contributed by atoms with Crippen molar-refractivity contribution in [2.75, 3.05) is 5.32 Å². The molecule has 0 saturated heterocycles. The molecule has 2 unspecified atom stereocenters. The van der Waals surface area contributed by atoms with Gasteiger partial charge in [-0.1, -0.05) is 6.07 Å². The second-order valence-electron chi connectivity index (χ2n) is 6.24. The summed E-state index contributed by atoms with van der Waals surface area (Å²) in [4.78, 5) is 15.8. The van der Waals surface area contributed by atoms with Gasteiger partial charge in [-0.25, -0.2) is 18.2 Å². The second kappa shape index (κ2) is 5.61. The van der Waals surface area contributed by atoms with Gasteiger partial charge >= 0.3 is 0 Å². The van der Waals surface area contributed by atoms with Gasteiger partial charge in [0.2, 0.25) is 5.91 Å². The zero-order valence-corrected chi connectivity index (χ0v) is 13.3. The number of imidazole rings is 1. The van der Waals surface area contributed by atoms with Gasteiger partial charge in [-0.2, -0.15) is 0 Å². The number of alkyl halides is 1. The van der Waals surface area contributed by atoms with Gasteiger partial charge in [-0.3, -0.25) is 4.79 Å². The minimum Gasteiger partial charge on any atom is -0.309 e. The van der Waals surface area contributed by atoms with Crippen LogP contribution in [0, 0.1) is 24.5 Å². The molecule has 2 atom stereocenters. The number of nitrogens with zero attached hydrogens (tertiary/aromatic N) is 2. The monoisotopic (exact) mass is 345 g/mol. The highest BCUT2D eigenvalue weighted by Gasteiger charge is 2.43. The molecule has 1 aliphatic carbocycles. The van der Waals surface area contributed by atoms with Crippen LogP contribution in [-0.2, 0) is 4.79 Å². The third-order valence-corrected chi connectivity index (χ3v) is 4.31. The SMILES string of the molecule is Cc1cc(F)ccc1-c1cc(F)c2nc(NC(=O)C3CC3F)cn2c1. The van der Waals surface area contributed by atoms with Crippen molar-refractivity contribution >= 4 is 17.4 Å². The van der Waals surface area contributed by atoms with Crippen molar-refractivity contribution in [3.05, 3.63) is 53.9 Å². The van der Waals surface area contributed by atoms with Crippen LogP contribution in [0.15, 0.2) is 36.7 Å². The number of aromatic nitrogens is 2.